The van der Waals surface area contributed by atoms with Gasteiger partial charge in [-0.1, -0.05) is 0 Å². The fourth-order valence-electron chi connectivity index (χ4n) is 0.504. The maximum absolute atomic E-state index is 8.32. The molecule has 1 atom stereocenters. The average molecular weight is 220 g/mol. The van der Waals surface area contributed by atoms with Crippen LogP contribution in [-0.2, 0) is 0 Å². The van der Waals surface area contributed by atoms with Crippen LogP contribution in [0.1, 0.15) is 6.42 Å². The second kappa shape index (κ2) is 13.0. The fraction of sp³-hybridized carbons (Fsp3) is 1.00. The predicted octanol–water partition coefficient (Wildman–Crippen LogP) is -10.0. The van der Waals surface area contributed by atoms with E-state index in [2.05, 4.69) is 5.32 Å². The van der Waals surface area contributed by atoms with Gasteiger partial charge in [0, 0.05) is 6.04 Å². The Kier molecular flexibility index (Phi) is 29.1. The number of hydrogen-bond donors (Lipinski definition) is 2. The molecule has 0 saturated carbocycles. The summed E-state index contributed by atoms with van der Waals surface area (Å²) in [6, 6.07) is 0.421. The van der Waals surface area contributed by atoms with Gasteiger partial charge in [0.05, 0.1) is 6.61 Å². The second-order valence-electron chi connectivity index (χ2n) is 1.62. The van der Waals surface area contributed by atoms with Crippen LogP contribution in [0.4, 0.5) is 0 Å². The largest absolute Gasteiger partial charge is 3.00 e. The monoisotopic (exact) mass is 219 g/mol. The molecule has 0 aliphatic carbocycles. The molecule has 1 fully saturated rings. The van der Waals surface area contributed by atoms with Gasteiger partial charge in [0.25, 0.3) is 0 Å². The first-order valence-electron chi connectivity index (χ1n) is 2.27. The predicted molar refractivity (Wildman–Crippen MR) is 29.2 cm³/mol. The van der Waals surface area contributed by atoms with E-state index in [-0.39, 0.29) is 54.6 Å². The summed E-state index contributed by atoms with van der Waals surface area (Å²) in [4.78, 5) is 0. The topological polar surface area (TPSA) is 32.3 Å². The van der Waals surface area contributed by atoms with E-state index in [9.17, 15) is 0 Å². The van der Waals surface area contributed by atoms with Crippen LogP contribution in [0, 0.1) is 0 Å². The van der Waals surface area contributed by atoms with Gasteiger partial charge >= 0.3 is 17.4 Å². The normalized spacial score (nSPS) is 19.5. The summed E-state index contributed by atoms with van der Waals surface area (Å²) in [5.74, 6) is 0. The molecule has 1 aliphatic heterocycles. The van der Waals surface area contributed by atoms with Crippen LogP contribution < -0.4 is 42.5 Å². The van der Waals surface area contributed by atoms with Crippen LogP contribution in [0.15, 0.2) is 0 Å². The molecule has 1 saturated heterocycles. The van der Waals surface area contributed by atoms with Crippen molar-refractivity contribution in [3.05, 3.63) is 0 Å². The van der Waals surface area contributed by atoms with Gasteiger partial charge in [-0.3, -0.25) is 0 Å². The number of aliphatic hydroxyl groups is 1. The molecular formula is C4H9AlCl3NO. The van der Waals surface area contributed by atoms with Gasteiger partial charge in [0.2, 0.25) is 0 Å². The van der Waals surface area contributed by atoms with Crippen LogP contribution >= 0.6 is 0 Å². The van der Waals surface area contributed by atoms with Crippen molar-refractivity contribution >= 4 is 17.4 Å². The first-order chi connectivity index (χ1) is 2.93. The maximum Gasteiger partial charge on any atom is 3.00 e. The zero-order valence-corrected chi connectivity index (χ0v) is 8.78. The minimum Gasteiger partial charge on any atom is -1.00 e. The van der Waals surface area contributed by atoms with Crippen LogP contribution in [0.25, 0.3) is 0 Å². The number of hydrogen-bond acceptors (Lipinski definition) is 2. The van der Waals surface area contributed by atoms with Gasteiger partial charge in [-0.25, -0.2) is 0 Å². The molecule has 0 aromatic rings. The molecule has 10 heavy (non-hydrogen) atoms. The molecule has 0 aromatic heterocycles. The van der Waals surface area contributed by atoms with Crippen molar-refractivity contribution in [1.29, 1.82) is 0 Å². The molecule has 0 radical (unpaired) electrons. The average Bonchev–Trinajstić information content (AvgIpc) is 1.31. The Bertz CT molecular complexity index is 53.0. The molecule has 1 aliphatic rings. The molecule has 0 unspecified atom stereocenters. The van der Waals surface area contributed by atoms with Crippen molar-refractivity contribution in [2.75, 3.05) is 13.2 Å². The third-order valence-electron chi connectivity index (χ3n) is 1.15. The number of nitrogens with one attached hydrogen (secondary N) is 1. The molecule has 2 N–H and O–H groups in total. The summed E-state index contributed by atoms with van der Waals surface area (Å²) in [5.41, 5.74) is 0. The van der Waals surface area contributed by atoms with Crippen molar-refractivity contribution in [2.24, 2.45) is 0 Å². The molecule has 1 rings (SSSR count). The summed E-state index contributed by atoms with van der Waals surface area (Å²) in [5, 5.41) is 11.4. The van der Waals surface area contributed by atoms with Gasteiger partial charge in [-0.15, -0.1) is 0 Å². The van der Waals surface area contributed by atoms with E-state index < -0.39 is 0 Å². The minimum absolute atomic E-state index is 0. The van der Waals surface area contributed by atoms with Gasteiger partial charge in [0.1, 0.15) is 0 Å². The van der Waals surface area contributed by atoms with E-state index in [0.717, 1.165) is 13.0 Å². The van der Waals surface area contributed by atoms with E-state index in [0.29, 0.717) is 12.6 Å². The zero-order chi connectivity index (χ0) is 4.41. The maximum atomic E-state index is 8.32. The quantitative estimate of drug-likeness (QED) is 0.430. The van der Waals surface area contributed by atoms with Gasteiger partial charge in [-0.2, -0.15) is 0 Å². The second-order valence-corrected chi connectivity index (χ2v) is 1.62. The summed E-state index contributed by atoms with van der Waals surface area (Å²) >= 11 is 0. The third kappa shape index (κ3) is 7.43. The summed E-state index contributed by atoms with van der Waals surface area (Å²) in [6.07, 6.45) is 1.15. The van der Waals surface area contributed by atoms with Crippen LogP contribution in [0.5, 0.6) is 0 Å². The molecule has 0 bridgehead atoms. The van der Waals surface area contributed by atoms with E-state index in [1.807, 2.05) is 0 Å². The van der Waals surface area contributed by atoms with Crippen molar-refractivity contribution in [3.63, 3.8) is 0 Å². The van der Waals surface area contributed by atoms with Crippen molar-refractivity contribution < 1.29 is 42.3 Å². The Hall–Kier alpha value is 1.32. The Labute approximate surface area is 90.5 Å². The number of halogens is 3. The van der Waals surface area contributed by atoms with Gasteiger partial charge in [0.15, 0.2) is 0 Å². The molecule has 60 valence electrons. The summed E-state index contributed by atoms with van der Waals surface area (Å²) in [6.45, 7) is 1.39. The first kappa shape index (κ1) is 22.5. The van der Waals surface area contributed by atoms with Crippen molar-refractivity contribution in [1.82, 2.24) is 5.32 Å². The first-order valence-corrected chi connectivity index (χ1v) is 2.27. The molecule has 1 heterocycles. The minimum atomic E-state index is 0. The third-order valence-corrected chi connectivity index (χ3v) is 1.15. The molecule has 0 aromatic carbocycles. The number of rotatable bonds is 1. The summed E-state index contributed by atoms with van der Waals surface area (Å²) in [7, 11) is 0. The van der Waals surface area contributed by atoms with Gasteiger partial charge in [-0.05, 0) is 13.0 Å². The van der Waals surface area contributed by atoms with Crippen molar-refractivity contribution in [3.8, 4) is 0 Å². The van der Waals surface area contributed by atoms with Gasteiger partial charge < -0.3 is 47.6 Å². The smallest absolute Gasteiger partial charge is 1.00 e. The van der Waals surface area contributed by atoms with Crippen LogP contribution in [0.2, 0.25) is 0 Å². The standard InChI is InChI=1S/C4H9NO.Al.3ClH/c6-3-4-1-2-5-4;;;;/h4-6H,1-3H2;;3*1H/q;+3;;;/p-3/t4-;;;;/m1..../s1. The Balaban J connectivity index is -0.0000000450. The number of aliphatic hydroxyl groups excluding tert-OH is 1. The van der Waals surface area contributed by atoms with E-state index in [4.69, 9.17) is 5.11 Å². The molecule has 0 amide bonds. The Morgan fingerprint density at radius 3 is 1.70 bits per heavy atom. The van der Waals surface area contributed by atoms with Crippen LogP contribution in [0.3, 0.4) is 0 Å². The fourth-order valence-corrected chi connectivity index (χ4v) is 0.504. The van der Waals surface area contributed by atoms with Crippen LogP contribution in [-0.4, -0.2) is 41.7 Å². The molecule has 2 nitrogen and oxygen atoms in total. The summed E-state index contributed by atoms with van der Waals surface area (Å²) < 4.78 is 0. The zero-order valence-electron chi connectivity index (χ0n) is 5.36. The SMILES string of the molecule is OC[C@H]1CCN1.[Al+3].[Cl-].[Cl-].[Cl-]. The van der Waals surface area contributed by atoms with E-state index in [1.165, 1.54) is 0 Å². The van der Waals surface area contributed by atoms with E-state index in [1.54, 1.807) is 0 Å². The Morgan fingerprint density at radius 1 is 1.30 bits per heavy atom. The van der Waals surface area contributed by atoms with E-state index >= 15 is 0 Å². The Morgan fingerprint density at radius 2 is 1.70 bits per heavy atom. The molecule has 6 heteroatoms. The van der Waals surface area contributed by atoms with Crippen molar-refractivity contribution in [2.45, 2.75) is 12.5 Å². The molecular weight excluding hydrogens is 211 g/mol. The molecule has 0 spiro atoms.